The van der Waals surface area contributed by atoms with E-state index in [-0.39, 0.29) is 12.1 Å². The molecule has 0 aliphatic heterocycles. The smallest absolute Gasteiger partial charge is 0.389 e. The van der Waals surface area contributed by atoms with Crippen molar-refractivity contribution in [1.29, 1.82) is 5.26 Å². The lowest BCUT2D eigenvalue weighted by Crippen LogP contribution is -2.29. The van der Waals surface area contributed by atoms with Gasteiger partial charge >= 0.3 is 6.18 Å². The van der Waals surface area contributed by atoms with E-state index in [1.165, 1.54) is 19.2 Å². The number of benzene rings is 1. The van der Waals surface area contributed by atoms with Crippen molar-refractivity contribution in [2.24, 2.45) is 0 Å². The molecule has 1 aromatic carbocycles. The van der Waals surface area contributed by atoms with E-state index >= 15 is 0 Å². The summed E-state index contributed by atoms with van der Waals surface area (Å²) in [6.45, 7) is 0.0303. The molecule has 1 rings (SSSR count). The van der Waals surface area contributed by atoms with Gasteiger partial charge in [0.1, 0.15) is 6.10 Å². The molecule has 19 heavy (non-hydrogen) atoms. The fraction of sp³-hybridized carbons (Fsp3) is 0.417. The average Bonchev–Trinajstić information content (AvgIpc) is 2.36. The lowest BCUT2D eigenvalue weighted by molar-refractivity contribution is -0.137. The van der Waals surface area contributed by atoms with Gasteiger partial charge in [-0.25, -0.2) is 0 Å². The first-order valence-electron chi connectivity index (χ1n) is 5.43. The first-order valence-corrected chi connectivity index (χ1v) is 5.43. The predicted octanol–water partition coefficient (Wildman–Crippen LogP) is 1.19. The summed E-state index contributed by atoms with van der Waals surface area (Å²) in [5.41, 5.74) is -1.73. The summed E-state index contributed by atoms with van der Waals surface area (Å²) in [7, 11) is 1.54. The van der Waals surface area contributed by atoms with Gasteiger partial charge in [0.15, 0.2) is 0 Å². The van der Waals surface area contributed by atoms with Crippen molar-refractivity contribution >= 4 is 0 Å². The normalized spacial score (nSPS) is 14.8. The molecule has 0 spiro atoms. The molecule has 0 bridgehead atoms. The number of nitrogens with zero attached hydrogens (tertiary/aromatic N) is 1. The number of halogens is 3. The van der Waals surface area contributed by atoms with Crippen LogP contribution in [0.15, 0.2) is 18.2 Å². The number of likely N-dealkylation sites (N-methyl/N-ethyl adjacent to an activating group) is 1. The highest BCUT2D eigenvalue weighted by atomic mass is 19.4. The maximum atomic E-state index is 12.7. The van der Waals surface area contributed by atoms with Crippen molar-refractivity contribution in [3.8, 4) is 6.07 Å². The SMILES string of the molecule is CNCC(O)C(O)c1ccc(C#N)c(C(F)(F)F)c1. The van der Waals surface area contributed by atoms with Crippen LogP contribution in [0.25, 0.3) is 0 Å². The van der Waals surface area contributed by atoms with Crippen LogP contribution in [0.5, 0.6) is 0 Å². The van der Waals surface area contributed by atoms with Crippen molar-refractivity contribution in [3.05, 3.63) is 34.9 Å². The molecule has 3 N–H and O–H groups in total. The number of hydrogen-bond donors (Lipinski definition) is 3. The summed E-state index contributed by atoms with van der Waals surface area (Å²) < 4.78 is 38.2. The Hall–Kier alpha value is -1.62. The van der Waals surface area contributed by atoms with Gasteiger partial charge in [-0.2, -0.15) is 18.4 Å². The molecular formula is C12H13F3N2O2. The topological polar surface area (TPSA) is 76.3 Å². The Kier molecular flexibility index (Phi) is 4.89. The first-order chi connectivity index (χ1) is 8.81. The summed E-state index contributed by atoms with van der Waals surface area (Å²) in [5, 5.41) is 30.5. The Morgan fingerprint density at radius 1 is 1.37 bits per heavy atom. The Morgan fingerprint density at radius 3 is 2.47 bits per heavy atom. The second kappa shape index (κ2) is 6.02. The maximum Gasteiger partial charge on any atom is 0.417 e. The second-order valence-corrected chi connectivity index (χ2v) is 3.98. The van der Waals surface area contributed by atoms with Crippen LogP contribution in [0.1, 0.15) is 22.8 Å². The van der Waals surface area contributed by atoms with Gasteiger partial charge in [0.05, 0.1) is 23.3 Å². The summed E-state index contributed by atoms with van der Waals surface area (Å²) in [6, 6.07) is 4.30. The third-order valence-corrected chi connectivity index (χ3v) is 2.59. The van der Waals surface area contributed by atoms with Crippen LogP contribution in [0.4, 0.5) is 13.2 Å². The minimum Gasteiger partial charge on any atom is -0.389 e. The quantitative estimate of drug-likeness (QED) is 0.771. The van der Waals surface area contributed by atoms with Crippen molar-refractivity contribution in [2.75, 3.05) is 13.6 Å². The van der Waals surface area contributed by atoms with Gasteiger partial charge in [0, 0.05) is 6.54 Å². The molecule has 4 nitrogen and oxygen atoms in total. The molecule has 2 atom stereocenters. The van der Waals surface area contributed by atoms with Crippen molar-refractivity contribution in [3.63, 3.8) is 0 Å². The number of aliphatic hydroxyl groups excluding tert-OH is 2. The summed E-state index contributed by atoms with van der Waals surface area (Å²) in [4.78, 5) is 0. The fourth-order valence-electron chi connectivity index (χ4n) is 1.62. The van der Waals surface area contributed by atoms with E-state index in [0.717, 1.165) is 6.07 Å². The molecule has 0 aromatic heterocycles. The third kappa shape index (κ3) is 3.67. The number of rotatable bonds is 4. The van der Waals surface area contributed by atoms with Gasteiger partial charge in [-0.15, -0.1) is 0 Å². The third-order valence-electron chi connectivity index (χ3n) is 2.59. The summed E-state index contributed by atoms with van der Waals surface area (Å²) >= 11 is 0. The molecule has 0 amide bonds. The van der Waals surface area contributed by atoms with Crippen LogP contribution in [-0.2, 0) is 6.18 Å². The highest BCUT2D eigenvalue weighted by molar-refractivity contribution is 5.42. The van der Waals surface area contributed by atoms with Gasteiger partial charge in [-0.3, -0.25) is 0 Å². The Balaban J connectivity index is 3.16. The first kappa shape index (κ1) is 15.4. The molecule has 0 aliphatic rings. The molecule has 0 aliphatic carbocycles. The molecule has 0 heterocycles. The monoisotopic (exact) mass is 274 g/mol. The number of aliphatic hydroxyl groups is 2. The van der Waals surface area contributed by atoms with Gasteiger partial charge in [-0.1, -0.05) is 6.07 Å². The summed E-state index contributed by atoms with van der Waals surface area (Å²) in [5.74, 6) is 0. The van der Waals surface area contributed by atoms with E-state index in [4.69, 9.17) is 5.26 Å². The van der Waals surface area contributed by atoms with Crippen molar-refractivity contribution < 1.29 is 23.4 Å². The molecule has 0 radical (unpaired) electrons. The molecule has 0 saturated carbocycles. The standard InChI is InChI=1S/C12H13F3N2O2/c1-17-6-10(18)11(19)7-2-3-8(5-16)9(4-7)12(13,14)15/h2-4,10-11,17-19H,6H2,1H3. The average molecular weight is 274 g/mol. The van der Waals surface area contributed by atoms with E-state index in [1.54, 1.807) is 0 Å². The predicted molar refractivity (Wildman–Crippen MR) is 61.1 cm³/mol. The zero-order chi connectivity index (χ0) is 14.6. The number of nitrogens with one attached hydrogen (secondary N) is 1. The van der Waals surface area contributed by atoms with E-state index in [1.807, 2.05) is 0 Å². The van der Waals surface area contributed by atoms with E-state index < -0.39 is 29.5 Å². The van der Waals surface area contributed by atoms with Crippen LogP contribution in [-0.4, -0.2) is 29.9 Å². The van der Waals surface area contributed by atoms with Crippen LogP contribution < -0.4 is 5.32 Å². The lowest BCUT2D eigenvalue weighted by Gasteiger charge is -2.19. The van der Waals surface area contributed by atoms with Gasteiger partial charge in [0.2, 0.25) is 0 Å². The second-order valence-electron chi connectivity index (χ2n) is 3.98. The Bertz CT molecular complexity index is 483. The molecule has 104 valence electrons. The van der Waals surface area contributed by atoms with Crippen molar-refractivity contribution in [2.45, 2.75) is 18.4 Å². The summed E-state index contributed by atoms with van der Waals surface area (Å²) in [6.07, 6.45) is -7.38. The highest BCUT2D eigenvalue weighted by Crippen LogP contribution is 2.33. The van der Waals surface area contributed by atoms with Gasteiger partial charge < -0.3 is 15.5 Å². The van der Waals surface area contributed by atoms with E-state index in [0.29, 0.717) is 6.07 Å². The highest BCUT2D eigenvalue weighted by Gasteiger charge is 2.34. The zero-order valence-electron chi connectivity index (χ0n) is 10.1. The number of hydrogen-bond acceptors (Lipinski definition) is 4. The zero-order valence-corrected chi connectivity index (χ0v) is 10.1. The van der Waals surface area contributed by atoms with Crippen molar-refractivity contribution in [1.82, 2.24) is 5.32 Å². The van der Waals surface area contributed by atoms with Crippen LogP contribution in [0.3, 0.4) is 0 Å². The molecular weight excluding hydrogens is 261 g/mol. The Morgan fingerprint density at radius 2 is 2.00 bits per heavy atom. The number of nitriles is 1. The van der Waals surface area contributed by atoms with E-state index in [9.17, 15) is 23.4 Å². The lowest BCUT2D eigenvalue weighted by atomic mass is 9.98. The molecule has 0 fully saturated rings. The largest absolute Gasteiger partial charge is 0.417 e. The molecule has 2 unspecified atom stereocenters. The Labute approximate surface area is 108 Å². The van der Waals surface area contributed by atoms with E-state index in [2.05, 4.69) is 5.32 Å². The number of alkyl halides is 3. The van der Waals surface area contributed by atoms with Crippen LogP contribution in [0, 0.1) is 11.3 Å². The minimum absolute atomic E-state index is 0.0303. The minimum atomic E-state index is -4.69. The molecule has 7 heteroatoms. The van der Waals surface area contributed by atoms with Gasteiger partial charge in [-0.05, 0) is 24.7 Å². The van der Waals surface area contributed by atoms with Crippen LogP contribution >= 0.6 is 0 Å². The van der Waals surface area contributed by atoms with Gasteiger partial charge in [0.25, 0.3) is 0 Å². The van der Waals surface area contributed by atoms with Crippen LogP contribution in [0.2, 0.25) is 0 Å². The molecule has 0 saturated heterocycles. The molecule has 1 aromatic rings. The maximum absolute atomic E-state index is 12.7. The fourth-order valence-corrected chi connectivity index (χ4v) is 1.62.